The van der Waals surface area contributed by atoms with Gasteiger partial charge in [0.25, 0.3) is 0 Å². The average Bonchev–Trinajstić information content (AvgIpc) is 2.64. The summed E-state index contributed by atoms with van der Waals surface area (Å²) < 4.78 is 5.15. The van der Waals surface area contributed by atoms with E-state index in [0.717, 1.165) is 17.0 Å². The number of nitrogens with two attached hydrogens (primary N) is 1. The van der Waals surface area contributed by atoms with E-state index in [1.807, 2.05) is 54.6 Å². The van der Waals surface area contributed by atoms with Crippen molar-refractivity contribution in [2.75, 3.05) is 23.5 Å². The van der Waals surface area contributed by atoms with E-state index >= 15 is 0 Å². The van der Waals surface area contributed by atoms with Crippen molar-refractivity contribution < 1.29 is 4.74 Å². The van der Waals surface area contributed by atoms with Crippen LogP contribution in [0.4, 0.5) is 23.0 Å². The first-order chi connectivity index (χ1) is 11.8. The number of ether oxygens (including phenoxy) is 1. The number of aromatic nitrogens is 2. The van der Waals surface area contributed by atoms with Crippen LogP contribution in [0.15, 0.2) is 60.9 Å². The fourth-order valence-corrected chi connectivity index (χ4v) is 2.22. The van der Waals surface area contributed by atoms with Gasteiger partial charge >= 0.3 is 0 Å². The van der Waals surface area contributed by atoms with E-state index in [4.69, 9.17) is 10.5 Å². The third kappa shape index (κ3) is 3.73. The summed E-state index contributed by atoms with van der Waals surface area (Å²) in [5, 5.41) is 6.43. The Bertz CT molecular complexity index is 790. The Morgan fingerprint density at radius 2 is 1.67 bits per heavy atom. The van der Waals surface area contributed by atoms with Gasteiger partial charge in [0.15, 0.2) is 11.6 Å². The first kappa shape index (κ1) is 15.6. The monoisotopic (exact) mass is 321 g/mol. The minimum Gasteiger partial charge on any atom is -0.497 e. The molecule has 6 heteroatoms. The van der Waals surface area contributed by atoms with E-state index in [9.17, 15) is 0 Å². The van der Waals surface area contributed by atoms with Gasteiger partial charge in [-0.05, 0) is 29.8 Å². The molecule has 4 N–H and O–H groups in total. The van der Waals surface area contributed by atoms with Crippen LogP contribution in [0.2, 0.25) is 0 Å². The number of anilines is 4. The van der Waals surface area contributed by atoms with Crippen molar-refractivity contribution in [3.63, 3.8) is 0 Å². The number of benzene rings is 2. The molecule has 0 saturated carbocycles. The van der Waals surface area contributed by atoms with E-state index in [1.54, 1.807) is 7.11 Å². The summed E-state index contributed by atoms with van der Waals surface area (Å²) in [4.78, 5) is 8.43. The summed E-state index contributed by atoms with van der Waals surface area (Å²) in [5.41, 5.74) is 8.68. The van der Waals surface area contributed by atoms with Crippen LogP contribution in [0.5, 0.6) is 5.75 Å². The number of hydrogen-bond donors (Lipinski definition) is 3. The van der Waals surface area contributed by atoms with Crippen LogP contribution in [0.1, 0.15) is 5.56 Å². The zero-order chi connectivity index (χ0) is 16.8. The molecule has 0 saturated heterocycles. The Labute approximate surface area is 140 Å². The van der Waals surface area contributed by atoms with Gasteiger partial charge in [0.1, 0.15) is 17.8 Å². The third-order valence-electron chi connectivity index (χ3n) is 3.54. The lowest BCUT2D eigenvalue weighted by Crippen LogP contribution is -2.08. The van der Waals surface area contributed by atoms with Gasteiger partial charge in [0.05, 0.1) is 7.11 Å². The van der Waals surface area contributed by atoms with Crippen molar-refractivity contribution in [1.82, 2.24) is 9.97 Å². The summed E-state index contributed by atoms with van der Waals surface area (Å²) in [6.45, 7) is 0.607. The number of para-hydroxylation sites is 1. The van der Waals surface area contributed by atoms with Crippen molar-refractivity contribution in [2.24, 2.45) is 0 Å². The first-order valence-corrected chi connectivity index (χ1v) is 7.55. The molecule has 0 bridgehead atoms. The van der Waals surface area contributed by atoms with Gasteiger partial charge in [-0.15, -0.1) is 0 Å². The molecular weight excluding hydrogens is 302 g/mol. The van der Waals surface area contributed by atoms with Crippen LogP contribution in [-0.2, 0) is 6.54 Å². The fourth-order valence-electron chi connectivity index (χ4n) is 2.22. The molecule has 3 aromatic rings. The van der Waals surface area contributed by atoms with Crippen molar-refractivity contribution >= 4 is 23.0 Å². The van der Waals surface area contributed by atoms with Crippen LogP contribution in [0.3, 0.4) is 0 Å². The van der Waals surface area contributed by atoms with E-state index in [1.165, 1.54) is 6.33 Å². The van der Waals surface area contributed by atoms with Gasteiger partial charge in [-0.2, -0.15) is 0 Å². The summed E-state index contributed by atoms with van der Waals surface area (Å²) in [6, 6.07) is 17.6. The van der Waals surface area contributed by atoms with Crippen molar-refractivity contribution in [2.45, 2.75) is 6.54 Å². The van der Waals surface area contributed by atoms with Crippen LogP contribution < -0.4 is 21.1 Å². The second kappa shape index (κ2) is 7.32. The van der Waals surface area contributed by atoms with E-state index < -0.39 is 0 Å². The average molecular weight is 321 g/mol. The number of rotatable bonds is 6. The van der Waals surface area contributed by atoms with Gasteiger partial charge in [-0.25, -0.2) is 9.97 Å². The summed E-state index contributed by atoms with van der Waals surface area (Å²) in [7, 11) is 1.65. The van der Waals surface area contributed by atoms with Gasteiger partial charge in [-0.1, -0.05) is 30.3 Å². The molecular formula is C18H19N5O. The predicted octanol–water partition coefficient (Wildman–Crippen LogP) is 3.42. The molecule has 1 heterocycles. The fraction of sp³-hybridized carbons (Fsp3) is 0.111. The maximum absolute atomic E-state index is 6.17. The summed E-state index contributed by atoms with van der Waals surface area (Å²) in [6.07, 6.45) is 1.48. The second-order valence-corrected chi connectivity index (χ2v) is 5.18. The smallest absolute Gasteiger partial charge is 0.159 e. The molecule has 0 fully saturated rings. The lowest BCUT2D eigenvalue weighted by molar-refractivity contribution is 0.414. The zero-order valence-corrected chi connectivity index (χ0v) is 13.4. The zero-order valence-electron chi connectivity index (χ0n) is 13.4. The number of nitrogen functional groups attached to an aromatic ring is 1. The molecule has 0 unspecified atom stereocenters. The highest BCUT2D eigenvalue weighted by Crippen LogP contribution is 2.26. The minimum atomic E-state index is 0.481. The highest BCUT2D eigenvalue weighted by atomic mass is 16.5. The SMILES string of the molecule is COc1ccc(CNc2ncnc(Nc3ccccc3)c2N)cc1. The van der Waals surface area contributed by atoms with E-state index in [0.29, 0.717) is 23.9 Å². The lowest BCUT2D eigenvalue weighted by atomic mass is 10.2. The van der Waals surface area contributed by atoms with Gasteiger partial charge in [0.2, 0.25) is 0 Å². The molecule has 122 valence electrons. The van der Waals surface area contributed by atoms with Crippen molar-refractivity contribution in [3.8, 4) is 5.75 Å². The predicted molar refractivity (Wildman–Crippen MR) is 96.5 cm³/mol. The lowest BCUT2D eigenvalue weighted by Gasteiger charge is -2.12. The Morgan fingerprint density at radius 1 is 0.958 bits per heavy atom. The molecule has 24 heavy (non-hydrogen) atoms. The van der Waals surface area contributed by atoms with Gasteiger partial charge in [-0.3, -0.25) is 0 Å². The van der Waals surface area contributed by atoms with Crippen LogP contribution in [0.25, 0.3) is 0 Å². The molecule has 0 atom stereocenters. The molecule has 1 aromatic heterocycles. The minimum absolute atomic E-state index is 0.481. The standard InChI is InChI=1S/C18H19N5O/c1-24-15-9-7-13(8-10-15)11-20-17-16(19)18(22-12-21-17)23-14-5-3-2-4-6-14/h2-10,12H,11,19H2,1H3,(H2,20,21,22,23). The highest BCUT2D eigenvalue weighted by molar-refractivity contribution is 5.77. The van der Waals surface area contributed by atoms with E-state index in [-0.39, 0.29) is 0 Å². The number of methoxy groups -OCH3 is 1. The maximum Gasteiger partial charge on any atom is 0.159 e. The molecule has 2 aromatic carbocycles. The molecule has 6 nitrogen and oxygen atoms in total. The third-order valence-corrected chi connectivity index (χ3v) is 3.54. The Kier molecular flexibility index (Phi) is 4.76. The molecule has 0 spiro atoms. The van der Waals surface area contributed by atoms with Gasteiger partial charge in [0, 0.05) is 12.2 Å². The van der Waals surface area contributed by atoms with Crippen molar-refractivity contribution in [1.29, 1.82) is 0 Å². The molecule has 3 rings (SSSR count). The van der Waals surface area contributed by atoms with Crippen LogP contribution in [-0.4, -0.2) is 17.1 Å². The molecule has 0 radical (unpaired) electrons. The number of nitrogens with zero attached hydrogens (tertiary/aromatic N) is 2. The quantitative estimate of drug-likeness (QED) is 0.645. The summed E-state index contributed by atoms with van der Waals surface area (Å²) >= 11 is 0. The van der Waals surface area contributed by atoms with Crippen LogP contribution >= 0.6 is 0 Å². The highest BCUT2D eigenvalue weighted by Gasteiger charge is 2.08. The summed E-state index contributed by atoms with van der Waals surface area (Å²) in [5.74, 6) is 2.00. The normalized spacial score (nSPS) is 10.2. The molecule has 0 aliphatic heterocycles. The second-order valence-electron chi connectivity index (χ2n) is 5.18. The Morgan fingerprint density at radius 3 is 2.38 bits per heavy atom. The van der Waals surface area contributed by atoms with Gasteiger partial charge < -0.3 is 21.1 Å². The van der Waals surface area contributed by atoms with Crippen LogP contribution in [0, 0.1) is 0 Å². The topological polar surface area (TPSA) is 85.1 Å². The molecule has 0 amide bonds. The number of nitrogens with one attached hydrogen (secondary N) is 2. The Balaban J connectivity index is 1.70. The first-order valence-electron chi connectivity index (χ1n) is 7.55. The largest absolute Gasteiger partial charge is 0.497 e. The van der Waals surface area contributed by atoms with Crippen molar-refractivity contribution in [3.05, 3.63) is 66.5 Å². The Hall–Kier alpha value is -3.28. The maximum atomic E-state index is 6.17. The van der Waals surface area contributed by atoms with E-state index in [2.05, 4.69) is 20.6 Å². The molecule has 0 aliphatic rings. The number of hydrogen-bond acceptors (Lipinski definition) is 6. The molecule has 0 aliphatic carbocycles.